The Morgan fingerprint density at radius 3 is 1.70 bits per heavy atom. The van der Waals surface area contributed by atoms with Crippen molar-refractivity contribution < 1.29 is 4.42 Å². The molecule has 0 spiro atoms. The van der Waals surface area contributed by atoms with E-state index in [0.717, 1.165) is 60.9 Å². The Morgan fingerprint density at radius 1 is 0.349 bits per heavy atom. The van der Waals surface area contributed by atoms with Crippen LogP contribution in [0.15, 0.2) is 156 Å². The minimum absolute atomic E-state index is 0.620. The number of hydrogen-bond acceptors (Lipinski definition) is 4. The van der Waals surface area contributed by atoms with Crippen molar-refractivity contribution in [3.8, 4) is 56.4 Å². The standard InChI is InChI=1S/C39H25N3O/c1-3-13-26(14-4-1)28-17-11-18-29(25-28)38-40-37(27-15-5-2-6-16-27)41-39(42-38)32-20-8-7-19-30(32)31-22-12-24-35-36(31)33-21-9-10-23-34(33)43-35/h1-25H. The molecule has 202 valence electrons. The quantitative estimate of drug-likeness (QED) is 0.214. The van der Waals surface area contributed by atoms with Crippen LogP contribution in [0, 0.1) is 0 Å². The number of fused-ring (bicyclic) bond motifs is 3. The van der Waals surface area contributed by atoms with E-state index in [4.69, 9.17) is 19.4 Å². The monoisotopic (exact) mass is 551 g/mol. The van der Waals surface area contributed by atoms with Crippen LogP contribution < -0.4 is 0 Å². The summed E-state index contributed by atoms with van der Waals surface area (Å²) < 4.78 is 6.22. The third-order valence-corrected chi connectivity index (χ3v) is 7.76. The number of para-hydroxylation sites is 1. The number of benzene rings is 6. The van der Waals surface area contributed by atoms with Gasteiger partial charge in [0.15, 0.2) is 17.5 Å². The number of furan rings is 1. The van der Waals surface area contributed by atoms with Gasteiger partial charge in [0.05, 0.1) is 0 Å². The maximum Gasteiger partial charge on any atom is 0.164 e. The third-order valence-electron chi connectivity index (χ3n) is 7.76. The van der Waals surface area contributed by atoms with Gasteiger partial charge in [0.2, 0.25) is 0 Å². The average Bonchev–Trinajstić information content (AvgIpc) is 3.48. The van der Waals surface area contributed by atoms with Gasteiger partial charge in [-0.1, -0.05) is 133 Å². The minimum Gasteiger partial charge on any atom is -0.456 e. The van der Waals surface area contributed by atoms with E-state index in [9.17, 15) is 0 Å². The minimum atomic E-state index is 0.620. The summed E-state index contributed by atoms with van der Waals surface area (Å²) in [7, 11) is 0. The normalized spacial score (nSPS) is 11.3. The Bertz CT molecular complexity index is 2240. The molecular weight excluding hydrogens is 526 g/mol. The molecule has 2 heterocycles. The molecule has 0 fully saturated rings. The van der Waals surface area contributed by atoms with Crippen molar-refractivity contribution in [1.29, 1.82) is 0 Å². The second-order valence-electron chi connectivity index (χ2n) is 10.4. The van der Waals surface area contributed by atoms with E-state index in [1.807, 2.05) is 72.8 Å². The summed E-state index contributed by atoms with van der Waals surface area (Å²) in [6, 6.07) is 51.5. The van der Waals surface area contributed by atoms with E-state index in [0.29, 0.717) is 17.5 Å². The Balaban J connectivity index is 1.35. The van der Waals surface area contributed by atoms with Gasteiger partial charge in [-0.2, -0.15) is 0 Å². The van der Waals surface area contributed by atoms with Crippen molar-refractivity contribution >= 4 is 21.9 Å². The lowest BCUT2D eigenvalue weighted by molar-refractivity contribution is 0.669. The van der Waals surface area contributed by atoms with E-state index in [1.165, 1.54) is 0 Å². The zero-order valence-corrected chi connectivity index (χ0v) is 23.2. The molecule has 2 aromatic heterocycles. The largest absolute Gasteiger partial charge is 0.456 e. The van der Waals surface area contributed by atoms with Crippen LogP contribution in [0.4, 0.5) is 0 Å². The predicted molar refractivity (Wildman–Crippen MR) is 174 cm³/mol. The van der Waals surface area contributed by atoms with Crippen LogP contribution in [-0.2, 0) is 0 Å². The summed E-state index contributed by atoms with van der Waals surface area (Å²) in [5.41, 5.74) is 8.89. The lowest BCUT2D eigenvalue weighted by Crippen LogP contribution is -2.01. The van der Waals surface area contributed by atoms with E-state index < -0.39 is 0 Å². The fourth-order valence-electron chi connectivity index (χ4n) is 5.72. The Labute approximate surface area is 249 Å². The van der Waals surface area contributed by atoms with Crippen molar-refractivity contribution in [2.24, 2.45) is 0 Å². The first-order valence-electron chi connectivity index (χ1n) is 14.3. The molecule has 0 saturated heterocycles. The number of hydrogen-bond donors (Lipinski definition) is 0. The summed E-state index contributed by atoms with van der Waals surface area (Å²) in [4.78, 5) is 15.1. The summed E-state index contributed by atoms with van der Waals surface area (Å²) in [5.74, 6) is 1.88. The molecule has 0 amide bonds. The van der Waals surface area contributed by atoms with Crippen LogP contribution in [0.5, 0.6) is 0 Å². The second-order valence-corrected chi connectivity index (χ2v) is 10.4. The highest BCUT2D eigenvalue weighted by Crippen LogP contribution is 2.40. The lowest BCUT2D eigenvalue weighted by Gasteiger charge is -2.13. The van der Waals surface area contributed by atoms with Crippen LogP contribution in [0.2, 0.25) is 0 Å². The first-order valence-corrected chi connectivity index (χ1v) is 14.3. The van der Waals surface area contributed by atoms with E-state index >= 15 is 0 Å². The fourth-order valence-corrected chi connectivity index (χ4v) is 5.72. The Kier molecular flexibility index (Phi) is 6.08. The van der Waals surface area contributed by atoms with E-state index in [1.54, 1.807) is 0 Å². The number of nitrogens with zero attached hydrogens (tertiary/aromatic N) is 3. The van der Waals surface area contributed by atoms with Gasteiger partial charge >= 0.3 is 0 Å². The van der Waals surface area contributed by atoms with Crippen LogP contribution in [-0.4, -0.2) is 15.0 Å². The van der Waals surface area contributed by atoms with Gasteiger partial charge < -0.3 is 4.42 Å². The SMILES string of the molecule is c1ccc(-c2cccc(-c3nc(-c4ccccc4)nc(-c4ccccc4-c4cccc5oc6ccccc6c45)n3)c2)cc1. The molecule has 0 aliphatic carbocycles. The highest BCUT2D eigenvalue weighted by Gasteiger charge is 2.19. The molecule has 6 aromatic carbocycles. The van der Waals surface area contributed by atoms with Crippen LogP contribution in [0.25, 0.3) is 78.4 Å². The first-order chi connectivity index (χ1) is 21.3. The molecule has 43 heavy (non-hydrogen) atoms. The van der Waals surface area contributed by atoms with Gasteiger partial charge in [0.1, 0.15) is 11.2 Å². The Hall–Kier alpha value is -5.87. The van der Waals surface area contributed by atoms with Crippen LogP contribution >= 0.6 is 0 Å². The summed E-state index contributed by atoms with van der Waals surface area (Å²) in [6.45, 7) is 0. The molecule has 0 atom stereocenters. The Morgan fingerprint density at radius 2 is 0.884 bits per heavy atom. The van der Waals surface area contributed by atoms with Gasteiger partial charge in [-0.05, 0) is 40.5 Å². The maximum atomic E-state index is 6.22. The van der Waals surface area contributed by atoms with Crippen molar-refractivity contribution in [1.82, 2.24) is 15.0 Å². The average molecular weight is 552 g/mol. The summed E-state index contributed by atoms with van der Waals surface area (Å²) >= 11 is 0. The molecule has 4 nitrogen and oxygen atoms in total. The maximum absolute atomic E-state index is 6.22. The predicted octanol–water partition coefficient (Wildman–Crippen LogP) is 10.1. The molecule has 0 radical (unpaired) electrons. The fraction of sp³-hybridized carbons (Fsp3) is 0. The summed E-state index contributed by atoms with van der Waals surface area (Å²) in [5, 5.41) is 2.17. The molecule has 0 aliphatic heterocycles. The lowest BCUT2D eigenvalue weighted by atomic mass is 9.95. The molecule has 0 unspecified atom stereocenters. The van der Waals surface area contributed by atoms with Crippen molar-refractivity contribution in [2.75, 3.05) is 0 Å². The molecule has 0 bridgehead atoms. The van der Waals surface area contributed by atoms with Gasteiger partial charge in [-0.15, -0.1) is 0 Å². The van der Waals surface area contributed by atoms with Crippen molar-refractivity contribution in [3.63, 3.8) is 0 Å². The molecule has 8 aromatic rings. The van der Waals surface area contributed by atoms with E-state index in [2.05, 4.69) is 78.9 Å². The highest BCUT2D eigenvalue weighted by molar-refractivity contribution is 6.13. The molecule has 8 rings (SSSR count). The van der Waals surface area contributed by atoms with Crippen LogP contribution in [0.3, 0.4) is 0 Å². The van der Waals surface area contributed by atoms with Gasteiger partial charge in [-0.3, -0.25) is 0 Å². The second kappa shape index (κ2) is 10.5. The van der Waals surface area contributed by atoms with E-state index in [-0.39, 0.29) is 0 Å². The topological polar surface area (TPSA) is 51.8 Å². The zero-order chi connectivity index (χ0) is 28.6. The van der Waals surface area contributed by atoms with Gasteiger partial charge in [0, 0.05) is 27.5 Å². The summed E-state index contributed by atoms with van der Waals surface area (Å²) in [6.07, 6.45) is 0. The van der Waals surface area contributed by atoms with Gasteiger partial charge in [-0.25, -0.2) is 15.0 Å². The van der Waals surface area contributed by atoms with Crippen molar-refractivity contribution in [2.45, 2.75) is 0 Å². The van der Waals surface area contributed by atoms with Crippen LogP contribution in [0.1, 0.15) is 0 Å². The number of rotatable bonds is 5. The number of aromatic nitrogens is 3. The molecule has 0 aliphatic rings. The molecule has 0 saturated carbocycles. The molecule has 4 heteroatoms. The molecule has 0 N–H and O–H groups in total. The van der Waals surface area contributed by atoms with Crippen molar-refractivity contribution in [3.05, 3.63) is 152 Å². The third kappa shape index (κ3) is 4.55. The smallest absolute Gasteiger partial charge is 0.164 e. The first kappa shape index (κ1) is 24.9. The molecular formula is C39H25N3O. The highest BCUT2D eigenvalue weighted by atomic mass is 16.3. The zero-order valence-electron chi connectivity index (χ0n) is 23.2. The van der Waals surface area contributed by atoms with Gasteiger partial charge in [0.25, 0.3) is 0 Å².